The number of halogens is 1. The molecule has 0 aromatic carbocycles. The molecule has 4 bridgehead atoms. The van der Waals surface area contributed by atoms with Crippen molar-refractivity contribution < 1.29 is 9.90 Å². The molecule has 1 aromatic rings. The summed E-state index contributed by atoms with van der Waals surface area (Å²) in [5.74, 6) is 2.46. The number of aliphatic hydroxyl groups is 1. The van der Waals surface area contributed by atoms with Crippen LogP contribution in [-0.4, -0.2) is 71.9 Å². The minimum Gasteiger partial charge on any atom is -0.390 e. The molecule has 168 valence electrons. The van der Waals surface area contributed by atoms with Crippen LogP contribution in [0, 0.1) is 23.7 Å². The summed E-state index contributed by atoms with van der Waals surface area (Å²) in [6.07, 6.45) is 6.87. The van der Waals surface area contributed by atoms with E-state index in [-0.39, 0.29) is 11.9 Å². The first-order valence-electron chi connectivity index (χ1n) is 11.7. The number of amides is 1. The van der Waals surface area contributed by atoms with E-state index < -0.39 is 5.60 Å². The molecule has 5 aliphatic rings. The van der Waals surface area contributed by atoms with Gasteiger partial charge in [0.05, 0.1) is 5.60 Å². The van der Waals surface area contributed by atoms with Gasteiger partial charge in [-0.25, -0.2) is 0 Å². The summed E-state index contributed by atoms with van der Waals surface area (Å²) in [5.41, 5.74) is -0.202. The smallest absolute Gasteiger partial charge is 0.273 e. The third-order valence-corrected chi connectivity index (χ3v) is 8.61. The number of nitrogens with one attached hydrogen (secondary N) is 1. The second kappa shape index (κ2) is 7.96. The van der Waals surface area contributed by atoms with Gasteiger partial charge in [-0.3, -0.25) is 9.48 Å². The van der Waals surface area contributed by atoms with Crippen LogP contribution in [0.3, 0.4) is 0 Å². The predicted octanol–water partition coefficient (Wildman–Crippen LogP) is 1.97. The lowest BCUT2D eigenvalue weighted by molar-refractivity contribution is -0.136. The van der Waals surface area contributed by atoms with Crippen molar-refractivity contribution in [3.63, 3.8) is 0 Å². The molecule has 1 aliphatic heterocycles. The highest BCUT2D eigenvalue weighted by Crippen LogP contribution is 2.55. The van der Waals surface area contributed by atoms with Gasteiger partial charge in [-0.2, -0.15) is 5.10 Å². The fourth-order valence-corrected chi connectivity index (χ4v) is 7.49. The molecule has 7 nitrogen and oxygen atoms in total. The minimum absolute atomic E-state index is 0.116. The van der Waals surface area contributed by atoms with Gasteiger partial charge in [-0.05, 0) is 81.7 Å². The van der Waals surface area contributed by atoms with E-state index in [1.165, 1.54) is 0 Å². The van der Waals surface area contributed by atoms with Crippen LogP contribution < -0.4 is 10.2 Å². The standard InChI is InChI=1S/C22H33BClN5O2/c1-27(12-13-3-5-29(23)6-4-13)21-17(24)19(26-28(21)2)20(30)25-18-15-7-14-8-16(18)11-22(31,9-14)10-15/h13-16,18,31H,3-12H2,1-2H3,(H,25,30). The van der Waals surface area contributed by atoms with Gasteiger partial charge in [0.15, 0.2) is 13.7 Å². The Balaban J connectivity index is 1.27. The third-order valence-electron chi connectivity index (χ3n) is 8.26. The second-order valence-corrected chi connectivity index (χ2v) is 11.0. The van der Waals surface area contributed by atoms with E-state index in [4.69, 9.17) is 19.6 Å². The molecule has 2 N–H and O–H groups in total. The Hall–Kier alpha value is -1.25. The van der Waals surface area contributed by atoms with Gasteiger partial charge in [-0.15, -0.1) is 0 Å². The van der Waals surface area contributed by atoms with Gasteiger partial charge in [0, 0.05) is 26.7 Å². The zero-order valence-electron chi connectivity index (χ0n) is 18.6. The predicted molar refractivity (Wildman–Crippen MR) is 121 cm³/mol. The van der Waals surface area contributed by atoms with Crippen LogP contribution >= 0.6 is 11.6 Å². The van der Waals surface area contributed by atoms with E-state index in [2.05, 4.69) is 15.3 Å². The van der Waals surface area contributed by atoms with E-state index in [1.54, 1.807) is 4.68 Å². The Morgan fingerprint density at radius 1 is 1.29 bits per heavy atom. The number of piperidine rings is 1. The van der Waals surface area contributed by atoms with Crippen molar-refractivity contribution in [3.8, 4) is 0 Å². The highest BCUT2D eigenvalue weighted by molar-refractivity contribution is 6.36. The van der Waals surface area contributed by atoms with Crippen molar-refractivity contribution in [2.24, 2.45) is 30.7 Å². The van der Waals surface area contributed by atoms with Gasteiger partial charge in [-0.1, -0.05) is 11.6 Å². The van der Waals surface area contributed by atoms with Gasteiger partial charge in [0.2, 0.25) is 0 Å². The Morgan fingerprint density at radius 3 is 2.55 bits per heavy atom. The summed E-state index contributed by atoms with van der Waals surface area (Å²) in [5, 5.41) is 19.0. The lowest BCUT2D eigenvalue weighted by Gasteiger charge is -2.58. The van der Waals surface area contributed by atoms with Crippen molar-refractivity contribution in [2.75, 3.05) is 31.6 Å². The average Bonchev–Trinajstić information content (AvgIpc) is 2.99. The number of nitrogens with zero attached hydrogens (tertiary/aromatic N) is 4. The summed E-state index contributed by atoms with van der Waals surface area (Å²) in [6, 6.07) is 0.116. The molecule has 5 fully saturated rings. The van der Waals surface area contributed by atoms with Crippen molar-refractivity contribution in [1.29, 1.82) is 0 Å². The van der Waals surface area contributed by atoms with Crippen molar-refractivity contribution >= 4 is 31.3 Å². The number of rotatable bonds is 5. The van der Waals surface area contributed by atoms with E-state index in [0.717, 1.165) is 70.4 Å². The summed E-state index contributed by atoms with van der Waals surface area (Å²) in [6.45, 7) is 2.68. The van der Waals surface area contributed by atoms with Crippen molar-refractivity contribution in [2.45, 2.75) is 56.6 Å². The molecule has 1 amide bonds. The molecule has 1 saturated heterocycles. The molecule has 2 unspecified atom stereocenters. The molecule has 1 aromatic heterocycles. The van der Waals surface area contributed by atoms with Crippen LogP contribution in [0.2, 0.25) is 5.02 Å². The fraction of sp³-hybridized carbons (Fsp3) is 0.818. The Labute approximate surface area is 190 Å². The highest BCUT2D eigenvalue weighted by Gasteiger charge is 2.55. The van der Waals surface area contributed by atoms with Gasteiger partial charge < -0.3 is 20.1 Å². The van der Waals surface area contributed by atoms with Crippen LogP contribution in [0.15, 0.2) is 0 Å². The SMILES string of the molecule is [B]N1CCC(CN(C)c2c(Cl)c(C(=O)NC3C4CC5CC3CC(O)(C5)C4)nn2C)CC1. The summed E-state index contributed by atoms with van der Waals surface area (Å²) >= 11 is 6.70. The molecule has 2 atom stereocenters. The van der Waals surface area contributed by atoms with E-state index in [0.29, 0.717) is 34.4 Å². The lowest BCUT2D eigenvalue weighted by atomic mass is 9.52. The molecular formula is C22H33BClN5O2. The summed E-state index contributed by atoms with van der Waals surface area (Å²) in [7, 11) is 9.73. The molecule has 4 saturated carbocycles. The van der Waals surface area contributed by atoms with Crippen LogP contribution in [0.4, 0.5) is 5.82 Å². The normalized spacial score (nSPS) is 35.5. The fourth-order valence-electron chi connectivity index (χ4n) is 7.09. The van der Waals surface area contributed by atoms with Crippen LogP contribution in [0.5, 0.6) is 0 Å². The Kier molecular flexibility index (Phi) is 5.54. The van der Waals surface area contributed by atoms with Crippen LogP contribution in [0.1, 0.15) is 55.4 Å². The minimum atomic E-state index is -0.504. The number of aromatic nitrogens is 2. The molecule has 2 radical (unpaired) electrons. The van der Waals surface area contributed by atoms with E-state index in [9.17, 15) is 9.90 Å². The quantitative estimate of drug-likeness (QED) is 0.678. The lowest BCUT2D eigenvalue weighted by Crippen LogP contribution is -2.61. The Bertz CT molecular complexity index is 839. The number of anilines is 1. The van der Waals surface area contributed by atoms with Crippen LogP contribution in [-0.2, 0) is 7.05 Å². The molecule has 2 heterocycles. The zero-order chi connectivity index (χ0) is 21.9. The van der Waals surface area contributed by atoms with Crippen molar-refractivity contribution in [1.82, 2.24) is 19.9 Å². The molecule has 4 aliphatic carbocycles. The number of carbonyl (C=O) groups is 1. The number of hydrogen-bond donors (Lipinski definition) is 2. The number of carbonyl (C=O) groups excluding carboxylic acids is 1. The highest BCUT2D eigenvalue weighted by atomic mass is 35.5. The Morgan fingerprint density at radius 2 is 1.94 bits per heavy atom. The first-order valence-corrected chi connectivity index (χ1v) is 12.1. The zero-order valence-corrected chi connectivity index (χ0v) is 19.3. The largest absolute Gasteiger partial charge is 0.390 e. The van der Waals surface area contributed by atoms with Gasteiger partial charge in [0.1, 0.15) is 10.8 Å². The topological polar surface area (TPSA) is 73.6 Å². The third kappa shape index (κ3) is 4.00. The molecule has 31 heavy (non-hydrogen) atoms. The molecular weight excluding hydrogens is 413 g/mol. The molecule has 9 heteroatoms. The first kappa shape index (κ1) is 21.6. The van der Waals surface area contributed by atoms with Crippen molar-refractivity contribution in [3.05, 3.63) is 10.7 Å². The van der Waals surface area contributed by atoms with Gasteiger partial charge in [0.25, 0.3) is 5.91 Å². The average molecular weight is 446 g/mol. The van der Waals surface area contributed by atoms with Gasteiger partial charge >= 0.3 is 0 Å². The maximum absolute atomic E-state index is 13.2. The molecule has 0 spiro atoms. The second-order valence-electron chi connectivity index (χ2n) is 10.7. The maximum Gasteiger partial charge on any atom is 0.273 e. The number of hydrogen-bond acceptors (Lipinski definition) is 5. The summed E-state index contributed by atoms with van der Waals surface area (Å²) in [4.78, 5) is 17.2. The first-order chi connectivity index (χ1) is 14.7. The summed E-state index contributed by atoms with van der Waals surface area (Å²) < 4.78 is 1.72. The maximum atomic E-state index is 13.2. The molecule has 6 rings (SSSR count). The van der Waals surface area contributed by atoms with E-state index in [1.807, 2.05) is 18.9 Å². The van der Waals surface area contributed by atoms with Crippen LogP contribution in [0.25, 0.3) is 0 Å². The monoisotopic (exact) mass is 445 g/mol. The van der Waals surface area contributed by atoms with E-state index >= 15 is 0 Å². The number of aryl methyl sites for hydroxylation is 1.